The number of aromatic amines is 2. The fraction of sp³-hybridized carbons (Fsp3) is 0.170. The molecule has 8 aromatic rings. The minimum Gasteiger partial charge on any atom is -0.462 e. The monoisotopic (exact) mass is 762 g/mol. The van der Waals surface area contributed by atoms with Crippen LogP contribution in [0.1, 0.15) is 49.9 Å². The van der Waals surface area contributed by atoms with Crippen molar-refractivity contribution in [1.29, 1.82) is 0 Å². The maximum atomic E-state index is 13.0. The zero-order valence-corrected chi connectivity index (χ0v) is 32.0. The third-order valence-electron chi connectivity index (χ3n) is 10.9. The number of carbonyl (C=O) groups is 1. The highest BCUT2D eigenvalue weighted by atomic mass is 16.5. The van der Waals surface area contributed by atoms with Crippen LogP contribution in [-0.4, -0.2) is 52.4 Å². The van der Waals surface area contributed by atoms with E-state index in [0.717, 1.165) is 64.1 Å². The molecule has 0 amide bonds. The Morgan fingerprint density at radius 2 is 1.07 bits per heavy atom. The average Bonchev–Trinajstić information content (AvgIpc) is 4.00. The highest BCUT2D eigenvalue weighted by molar-refractivity contribution is 6.09. The van der Waals surface area contributed by atoms with Gasteiger partial charge in [-0.1, -0.05) is 118 Å². The van der Waals surface area contributed by atoms with Crippen LogP contribution in [0.15, 0.2) is 115 Å². The molecule has 0 spiro atoms. The van der Waals surface area contributed by atoms with Crippen molar-refractivity contribution in [2.24, 2.45) is 5.92 Å². The van der Waals surface area contributed by atoms with Crippen LogP contribution >= 0.6 is 0 Å². The van der Waals surface area contributed by atoms with Crippen molar-refractivity contribution in [2.45, 2.75) is 39.5 Å². The lowest BCUT2D eigenvalue weighted by Crippen LogP contribution is -2.14. The van der Waals surface area contributed by atoms with E-state index in [2.05, 4.69) is 23.8 Å². The lowest BCUT2D eigenvalue weighted by molar-refractivity contribution is 0.0428. The number of aromatic nitrogens is 8. The quantitative estimate of drug-likeness (QED) is 0.137. The Bertz CT molecular complexity index is 3060. The minimum atomic E-state index is -0.341. The number of rotatable bonds is 9. The Labute approximate surface area is 333 Å². The summed E-state index contributed by atoms with van der Waals surface area (Å²) < 4.78 is 12.3. The van der Waals surface area contributed by atoms with Gasteiger partial charge < -0.3 is 19.4 Å². The summed E-state index contributed by atoms with van der Waals surface area (Å²) in [6.07, 6.45) is 4.28. The van der Waals surface area contributed by atoms with Gasteiger partial charge in [-0.15, -0.1) is 0 Å². The molecule has 0 radical (unpaired) electrons. The van der Waals surface area contributed by atoms with Crippen LogP contribution in [-0.2, 0) is 4.74 Å². The molecule has 1 atom stereocenters. The summed E-state index contributed by atoms with van der Waals surface area (Å²) in [6.45, 7) is 4.73. The zero-order chi connectivity index (χ0) is 39.2. The molecule has 8 bridgehead atoms. The first-order valence-electron chi connectivity index (χ1n) is 19.7. The van der Waals surface area contributed by atoms with E-state index in [1.54, 1.807) is 24.3 Å². The molecule has 2 aliphatic rings. The smallest absolute Gasteiger partial charge is 0.338 e. The Morgan fingerprint density at radius 1 is 0.569 bits per heavy atom. The van der Waals surface area contributed by atoms with Crippen molar-refractivity contribution < 1.29 is 14.3 Å². The normalized spacial score (nSPS) is 12.3. The van der Waals surface area contributed by atoms with E-state index in [0.29, 0.717) is 80.9 Å². The molecule has 0 aliphatic carbocycles. The molecule has 58 heavy (non-hydrogen) atoms. The second-order valence-corrected chi connectivity index (χ2v) is 14.6. The van der Waals surface area contributed by atoms with Crippen LogP contribution in [0.25, 0.3) is 89.7 Å². The van der Waals surface area contributed by atoms with Crippen molar-refractivity contribution in [3.8, 4) is 57.1 Å². The molecule has 5 aromatic carbocycles. The van der Waals surface area contributed by atoms with Gasteiger partial charge in [-0.05, 0) is 42.7 Å². The SMILES string of the molecule is CCCCC(CC)COC(=O)c1ccc(Oc2cccc3c4nc5nc(nc6[nH]c(nc7nc(nc([nH]4)c23)-c2ccccc2-7)c2ccccc62)-c2ccccc2-5)cc1. The van der Waals surface area contributed by atoms with Crippen molar-refractivity contribution in [1.82, 2.24) is 39.9 Å². The third-order valence-corrected chi connectivity index (χ3v) is 10.9. The molecule has 5 heterocycles. The topological polar surface area (TPSA) is 144 Å². The van der Waals surface area contributed by atoms with Crippen molar-refractivity contribution in [2.75, 3.05) is 6.61 Å². The maximum absolute atomic E-state index is 13.0. The van der Waals surface area contributed by atoms with Crippen LogP contribution in [0.4, 0.5) is 0 Å². The summed E-state index contributed by atoms with van der Waals surface area (Å²) in [5.41, 5.74) is 6.24. The molecule has 2 N–H and O–H groups in total. The second-order valence-electron chi connectivity index (χ2n) is 14.6. The first-order valence-corrected chi connectivity index (χ1v) is 19.7. The van der Waals surface area contributed by atoms with E-state index in [4.69, 9.17) is 39.4 Å². The number of hydrogen-bond acceptors (Lipinski definition) is 9. The number of H-pyrrole nitrogens is 2. The molecule has 1 unspecified atom stereocenters. The summed E-state index contributed by atoms with van der Waals surface area (Å²) in [5, 5.41) is 3.31. The van der Waals surface area contributed by atoms with Crippen molar-refractivity contribution in [3.05, 3.63) is 121 Å². The van der Waals surface area contributed by atoms with Crippen LogP contribution in [0.2, 0.25) is 0 Å². The number of nitrogens with one attached hydrogen (secondary N) is 2. The molecule has 2 aliphatic heterocycles. The number of carbonyl (C=O) groups excluding carboxylic acids is 1. The number of hydrogen-bond donors (Lipinski definition) is 2. The number of unbranched alkanes of at least 4 members (excludes halogenated alkanes) is 1. The molecular weight excluding hydrogens is 725 g/mol. The Hall–Kier alpha value is -7.27. The Kier molecular flexibility index (Phi) is 8.89. The fourth-order valence-electron chi connectivity index (χ4n) is 7.70. The summed E-state index contributed by atoms with van der Waals surface area (Å²) in [6, 6.07) is 36.7. The molecule has 0 saturated carbocycles. The molecule has 0 fully saturated rings. The van der Waals surface area contributed by atoms with Gasteiger partial charge in [0.15, 0.2) is 23.3 Å². The van der Waals surface area contributed by atoms with E-state index in [-0.39, 0.29) is 5.97 Å². The van der Waals surface area contributed by atoms with E-state index in [1.165, 1.54) is 0 Å². The van der Waals surface area contributed by atoms with Gasteiger partial charge in [0, 0.05) is 38.4 Å². The molecule has 11 nitrogen and oxygen atoms in total. The first kappa shape index (κ1) is 35.2. The van der Waals surface area contributed by atoms with Crippen molar-refractivity contribution >= 4 is 50.1 Å². The van der Waals surface area contributed by atoms with Crippen LogP contribution in [0.3, 0.4) is 0 Å². The zero-order valence-electron chi connectivity index (χ0n) is 32.0. The van der Waals surface area contributed by atoms with E-state index in [9.17, 15) is 4.79 Å². The number of esters is 1. The largest absolute Gasteiger partial charge is 0.462 e. The summed E-state index contributed by atoms with van der Waals surface area (Å²) in [5.74, 6) is 3.19. The van der Waals surface area contributed by atoms with Gasteiger partial charge in [0.2, 0.25) is 0 Å². The van der Waals surface area contributed by atoms with Crippen molar-refractivity contribution in [3.63, 3.8) is 0 Å². The molecular formula is C47H38N8O3. The van der Waals surface area contributed by atoms with Crippen LogP contribution in [0.5, 0.6) is 11.5 Å². The van der Waals surface area contributed by atoms with E-state index < -0.39 is 0 Å². The van der Waals surface area contributed by atoms with E-state index in [1.807, 2.05) is 91.0 Å². The lowest BCUT2D eigenvalue weighted by atomic mass is 10.0. The average molecular weight is 763 g/mol. The molecule has 284 valence electrons. The fourth-order valence-corrected chi connectivity index (χ4v) is 7.70. The maximum Gasteiger partial charge on any atom is 0.338 e. The highest BCUT2D eigenvalue weighted by Gasteiger charge is 2.23. The molecule has 10 rings (SSSR count). The standard InChI is InChI=1S/C47H38N8O3/c1-3-5-13-27(4-2)26-57-47(56)28-22-24-29(25-23-28)58-37-21-12-20-36-38(37)46-54-44-35-19-11-10-18-34(35)42(52-44)50-40-31-15-7-6-14-30(31)39(48-40)49-41-32-16-8-9-17-33(32)43(51-41)53-45(36)55-46/h6-12,14-25,27H,3-5,13,26H2,1-2H3,(H2,48,49,50,51,52,53,54,55). The van der Waals surface area contributed by atoms with Gasteiger partial charge in [-0.3, -0.25) is 0 Å². The molecule has 11 heteroatoms. The van der Waals surface area contributed by atoms with Gasteiger partial charge in [0.05, 0.1) is 17.6 Å². The lowest BCUT2D eigenvalue weighted by Gasteiger charge is -2.14. The van der Waals surface area contributed by atoms with Crippen LogP contribution < -0.4 is 4.74 Å². The van der Waals surface area contributed by atoms with Gasteiger partial charge in [-0.2, -0.15) is 0 Å². The Balaban J connectivity index is 1.14. The predicted octanol–water partition coefficient (Wildman–Crippen LogP) is 11.0. The number of fused-ring (bicyclic) bond motifs is 20. The minimum absolute atomic E-state index is 0.341. The molecule has 3 aromatic heterocycles. The van der Waals surface area contributed by atoms with E-state index >= 15 is 0 Å². The Morgan fingerprint density at radius 3 is 1.62 bits per heavy atom. The molecule has 0 saturated heterocycles. The predicted molar refractivity (Wildman–Crippen MR) is 226 cm³/mol. The van der Waals surface area contributed by atoms with Crippen LogP contribution in [0, 0.1) is 5.92 Å². The number of nitrogens with zero attached hydrogens (tertiary/aromatic N) is 6. The first-order chi connectivity index (χ1) is 28.5. The second kappa shape index (κ2) is 14.7. The number of benzene rings is 5. The number of ether oxygens (including phenoxy) is 2. The van der Waals surface area contributed by atoms with Gasteiger partial charge in [-0.25, -0.2) is 34.7 Å². The van der Waals surface area contributed by atoms with Gasteiger partial charge in [0.1, 0.15) is 34.1 Å². The summed E-state index contributed by atoms with van der Waals surface area (Å²) >= 11 is 0. The van der Waals surface area contributed by atoms with Gasteiger partial charge >= 0.3 is 5.97 Å². The summed E-state index contributed by atoms with van der Waals surface area (Å²) in [4.78, 5) is 50.4. The highest BCUT2D eigenvalue weighted by Crippen LogP contribution is 2.39. The van der Waals surface area contributed by atoms with Gasteiger partial charge in [0.25, 0.3) is 0 Å². The third kappa shape index (κ3) is 6.30. The summed E-state index contributed by atoms with van der Waals surface area (Å²) in [7, 11) is 0.